The molecule has 20 heavy (non-hydrogen) atoms. The number of nitro benzene ring substituents is 1. The first-order valence-corrected chi connectivity index (χ1v) is 5.71. The number of nitrogens with zero attached hydrogens (tertiary/aromatic N) is 1. The lowest BCUT2D eigenvalue weighted by atomic mass is 10.1. The molecule has 0 bridgehead atoms. The molecule has 0 spiro atoms. The standard InChI is InChI=1S/C12H15N3O5/c1-7-8(5-4-6-9(7)15(19)20)13-11(18)14-12(2,3)10(16)17/h4-6H,1-3H3,(H,16,17)(H2,13,14,18). The molecule has 0 aromatic heterocycles. The first-order valence-electron chi connectivity index (χ1n) is 5.71. The van der Waals surface area contributed by atoms with Gasteiger partial charge in [-0.1, -0.05) is 6.07 Å². The monoisotopic (exact) mass is 281 g/mol. The molecular formula is C12H15N3O5. The number of carbonyl (C=O) groups is 2. The maximum atomic E-state index is 11.7. The van der Waals surface area contributed by atoms with Gasteiger partial charge in [-0.3, -0.25) is 10.1 Å². The van der Waals surface area contributed by atoms with Crippen LogP contribution in [0.25, 0.3) is 0 Å². The summed E-state index contributed by atoms with van der Waals surface area (Å²) in [4.78, 5) is 32.8. The molecule has 0 radical (unpaired) electrons. The number of carboxylic acids is 1. The van der Waals surface area contributed by atoms with Crippen molar-refractivity contribution in [3.63, 3.8) is 0 Å². The van der Waals surface area contributed by atoms with Crippen molar-refractivity contribution in [1.82, 2.24) is 5.32 Å². The van der Waals surface area contributed by atoms with E-state index in [1.807, 2.05) is 0 Å². The molecule has 3 N–H and O–H groups in total. The summed E-state index contributed by atoms with van der Waals surface area (Å²) in [5, 5.41) is 24.3. The molecule has 0 aliphatic heterocycles. The lowest BCUT2D eigenvalue weighted by Crippen LogP contribution is -2.51. The summed E-state index contributed by atoms with van der Waals surface area (Å²) in [6.07, 6.45) is 0. The van der Waals surface area contributed by atoms with Gasteiger partial charge in [0, 0.05) is 6.07 Å². The SMILES string of the molecule is Cc1c(NC(=O)NC(C)(C)C(=O)O)cccc1[N+](=O)[O-]. The normalized spacial score (nSPS) is 10.8. The summed E-state index contributed by atoms with van der Waals surface area (Å²) in [5.41, 5.74) is -1.03. The van der Waals surface area contributed by atoms with Crippen LogP contribution in [-0.4, -0.2) is 27.6 Å². The Kier molecular flexibility index (Phi) is 4.28. The topological polar surface area (TPSA) is 122 Å². The highest BCUT2D eigenvalue weighted by Gasteiger charge is 2.29. The molecule has 1 aromatic carbocycles. The fourth-order valence-corrected chi connectivity index (χ4v) is 1.45. The van der Waals surface area contributed by atoms with Gasteiger partial charge in [-0.15, -0.1) is 0 Å². The molecule has 108 valence electrons. The molecule has 2 amide bonds. The van der Waals surface area contributed by atoms with Crippen molar-refractivity contribution in [2.45, 2.75) is 26.3 Å². The van der Waals surface area contributed by atoms with E-state index in [-0.39, 0.29) is 11.4 Å². The van der Waals surface area contributed by atoms with Gasteiger partial charge in [-0.05, 0) is 26.8 Å². The van der Waals surface area contributed by atoms with E-state index < -0.39 is 22.5 Å². The number of rotatable bonds is 4. The van der Waals surface area contributed by atoms with Crippen LogP contribution in [0.3, 0.4) is 0 Å². The van der Waals surface area contributed by atoms with E-state index >= 15 is 0 Å². The number of nitro groups is 1. The molecule has 1 rings (SSSR count). The predicted octanol–water partition coefficient (Wildman–Crippen LogP) is 1.89. The van der Waals surface area contributed by atoms with Gasteiger partial charge in [0.25, 0.3) is 5.69 Å². The molecule has 0 aliphatic rings. The van der Waals surface area contributed by atoms with Crippen LogP contribution in [0.2, 0.25) is 0 Å². The predicted molar refractivity (Wildman–Crippen MR) is 71.7 cm³/mol. The minimum Gasteiger partial charge on any atom is -0.480 e. The number of hydrogen-bond acceptors (Lipinski definition) is 4. The molecule has 0 fully saturated rings. The second-order valence-corrected chi connectivity index (χ2v) is 4.72. The third-order valence-corrected chi connectivity index (χ3v) is 2.71. The van der Waals surface area contributed by atoms with Crippen LogP contribution in [-0.2, 0) is 4.79 Å². The highest BCUT2D eigenvalue weighted by Crippen LogP contribution is 2.24. The Balaban J connectivity index is 2.90. The summed E-state index contributed by atoms with van der Waals surface area (Å²) < 4.78 is 0. The fraction of sp³-hybridized carbons (Fsp3) is 0.333. The highest BCUT2D eigenvalue weighted by molar-refractivity contribution is 5.94. The number of hydrogen-bond donors (Lipinski definition) is 3. The minimum atomic E-state index is -1.45. The van der Waals surface area contributed by atoms with Gasteiger partial charge >= 0.3 is 12.0 Å². The Hall–Kier alpha value is -2.64. The van der Waals surface area contributed by atoms with Crippen LogP contribution in [0.4, 0.5) is 16.2 Å². The van der Waals surface area contributed by atoms with Crippen LogP contribution in [0.15, 0.2) is 18.2 Å². The van der Waals surface area contributed by atoms with Crippen molar-refractivity contribution >= 4 is 23.4 Å². The Bertz CT molecular complexity index is 568. The molecule has 0 atom stereocenters. The summed E-state index contributed by atoms with van der Waals surface area (Å²) in [7, 11) is 0. The average molecular weight is 281 g/mol. The van der Waals surface area contributed by atoms with Crippen molar-refractivity contribution in [1.29, 1.82) is 0 Å². The van der Waals surface area contributed by atoms with Crippen LogP contribution in [0, 0.1) is 17.0 Å². The van der Waals surface area contributed by atoms with Crippen molar-refractivity contribution < 1.29 is 19.6 Å². The smallest absolute Gasteiger partial charge is 0.328 e. The number of anilines is 1. The van der Waals surface area contributed by atoms with E-state index in [1.165, 1.54) is 39.0 Å². The van der Waals surface area contributed by atoms with Crippen molar-refractivity contribution in [2.24, 2.45) is 0 Å². The Morgan fingerprint density at radius 1 is 1.35 bits per heavy atom. The van der Waals surface area contributed by atoms with E-state index in [9.17, 15) is 19.7 Å². The van der Waals surface area contributed by atoms with E-state index in [2.05, 4.69) is 10.6 Å². The second kappa shape index (κ2) is 5.55. The summed E-state index contributed by atoms with van der Waals surface area (Å²) in [6.45, 7) is 4.15. The molecule has 1 aromatic rings. The van der Waals surface area contributed by atoms with Gasteiger partial charge in [-0.25, -0.2) is 9.59 Å². The van der Waals surface area contributed by atoms with Gasteiger partial charge in [0.2, 0.25) is 0 Å². The average Bonchev–Trinajstić information content (AvgIpc) is 2.30. The van der Waals surface area contributed by atoms with E-state index in [0.29, 0.717) is 5.56 Å². The van der Waals surface area contributed by atoms with Gasteiger partial charge in [0.1, 0.15) is 5.54 Å². The van der Waals surface area contributed by atoms with Crippen molar-refractivity contribution in [2.75, 3.05) is 5.32 Å². The van der Waals surface area contributed by atoms with Gasteiger partial charge < -0.3 is 15.7 Å². The first kappa shape index (κ1) is 15.4. The molecule has 0 saturated heterocycles. The Morgan fingerprint density at radius 2 is 1.95 bits per heavy atom. The zero-order valence-corrected chi connectivity index (χ0v) is 11.3. The maximum Gasteiger partial charge on any atom is 0.328 e. The fourth-order valence-electron chi connectivity index (χ4n) is 1.45. The lowest BCUT2D eigenvalue weighted by molar-refractivity contribution is -0.385. The van der Waals surface area contributed by atoms with Crippen LogP contribution >= 0.6 is 0 Å². The largest absolute Gasteiger partial charge is 0.480 e. The number of aliphatic carboxylic acids is 1. The van der Waals surface area contributed by atoms with E-state index in [0.717, 1.165) is 0 Å². The number of amides is 2. The third-order valence-electron chi connectivity index (χ3n) is 2.71. The van der Waals surface area contributed by atoms with Crippen molar-refractivity contribution in [3.05, 3.63) is 33.9 Å². The van der Waals surface area contributed by atoms with Crippen LogP contribution < -0.4 is 10.6 Å². The minimum absolute atomic E-state index is 0.125. The molecule has 8 nitrogen and oxygen atoms in total. The number of carbonyl (C=O) groups excluding carboxylic acids is 1. The molecule has 0 unspecified atom stereocenters. The molecule has 0 saturated carbocycles. The first-order chi connectivity index (χ1) is 9.15. The molecule has 0 heterocycles. The lowest BCUT2D eigenvalue weighted by Gasteiger charge is -2.21. The third kappa shape index (κ3) is 3.44. The summed E-state index contributed by atoms with van der Waals surface area (Å²) in [6, 6.07) is 3.50. The zero-order valence-electron chi connectivity index (χ0n) is 11.3. The number of urea groups is 1. The summed E-state index contributed by atoms with van der Waals surface area (Å²) >= 11 is 0. The van der Waals surface area contributed by atoms with Crippen LogP contribution in [0.5, 0.6) is 0 Å². The quantitative estimate of drug-likeness (QED) is 0.574. The van der Waals surface area contributed by atoms with Crippen LogP contribution in [0.1, 0.15) is 19.4 Å². The molecule has 8 heteroatoms. The van der Waals surface area contributed by atoms with Crippen molar-refractivity contribution in [3.8, 4) is 0 Å². The molecular weight excluding hydrogens is 266 g/mol. The molecule has 0 aliphatic carbocycles. The van der Waals surface area contributed by atoms with Gasteiger partial charge in [0.05, 0.1) is 16.2 Å². The number of benzene rings is 1. The van der Waals surface area contributed by atoms with E-state index in [4.69, 9.17) is 5.11 Å². The van der Waals surface area contributed by atoms with E-state index in [1.54, 1.807) is 0 Å². The maximum absolute atomic E-state index is 11.7. The van der Waals surface area contributed by atoms with Gasteiger partial charge in [0.15, 0.2) is 0 Å². The Labute approximate surface area is 114 Å². The number of nitrogens with one attached hydrogen (secondary N) is 2. The summed E-state index contributed by atoms with van der Waals surface area (Å²) in [5.74, 6) is -1.19. The highest BCUT2D eigenvalue weighted by atomic mass is 16.6. The number of carboxylic acid groups (broad SMARTS) is 1. The Morgan fingerprint density at radius 3 is 2.45 bits per heavy atom. The second-order valence-electron chi connectivity index (χ2n) is 4.72. The van der Waals surface area contributed by atoms with Gasteiger partial charge in [-0.2, -0.15) is 0 Å². The zero-order chi connectivity index (χ0) is 15.5.